The van der Waals surface area contributed by atoms with Crippen molar-refractivity contribution in [3.8, 4) is 0 Å². The Morgan fingerprint density at radius 2 is 1.92 bits per heavy atom. The fourth-order valence-corrected chi connectivity index (χ4v) is 2.42. The molecule has 0 amide bonds. The molecule has 0 bridgehead atoms. The summed E-state index contributed by atoms with van der Waals surface area (Å²) < 4.78 is 0. The lowest BCUT2D eigenvalue weighted by molar-refractivity contribution is -0.124. The van der Waals surface area contributed by atoms with Gasteiger partial charge in [-0.1, -0.05) is 27.7 Å². The van der Waals surface area contributed by atoms with E-state index >= 15 is 0 Å². The minimum Gasteiger partial charge on any atom is -0.281 e. The van der Waals surface area contributed by atoms with Crippen molar-refractivity contribution in [2.45, 2.75) is 40.5 Å². The molecule has 0 aromatic heterocycles. The average Bonchev–Trinajstić information content (AvgIpc) is 2.15. The molecule has 2 atom stereocenters. The Hall–Kier alpha value is -0.0400. The summed E-state index contributed by atoms with van der Waals surface area (Å²) in [7, 11) is 0. The van der Waals surface area contributed by atoms with Crippen molar-refractivity contribution in [3.05, 3.63) is 0 Å². The zero-order valence-corrected chi connectivity index (χ0v) is 9.03. The second kappa shape index (κ2) is 2.73. The van der Waals surface area contributed by atoms with E-state index in [2.05, 4.69) is 20.8 Å². The maximum Gasteiger partial charge on any atom is 0.228 e. The number of halogens is 1. The van der Waals surface area contributed by atoms with E-state index in [0.717, 1.165) is 12.8 Å². The van der Waals surface area contributed by atoms with Crippen molar-refractivity contribution in [3.63, 3.8) is 0 Å². The Morgan fingerprint density at radius 3 is 2.08 bits per heavy atom. The minimum atomic E-state index is -0.312. The van der Waals surface area contributed by atoms with Crippen molar-refractivity contribution in [1.29, 1.82) is 0 Å². The second-order valence-electron chi connectivity index (χ2n) is 4.77. The largest absolute Gasteiger partial charge is 0.281 e. The molecule has 0 aromatic carbocycles. The molecule has 1 rings (SSSR count). The smallest absolute Gasteiger partial charge is 0.228 e. The molecule has 0 spiro atoms. The normalized spacial score (nSPS) is 39.9. The summed E-state index contributed by atoms with van der Waals surface area (Å²) in [6.45, 7) is 8.48. The van der Waals surface area contributed by atoms with E-state index in [-0.39, 0.29) is 16.1 Å². The Kier molecular flexibility index (Phi) is 2.28. The van der Waals surface area contributed by atoms with Crippen LogP contribution in [0, 0.1) is 16.7 Å². The zero-order valence-electron chi connectivity index (χ0n) is 8.28. The topological polar surface area (TPSA) is 17.1 Å². The highest BCUT2D eigenvalue weighted by Crippen LogP contribution is 2.56. The van der Waals surface area contributed by atoms with Gasteiger partial charge in [0, 0.05) is 5.41 Å². The Bertz CT molecular complexity index is 210. The van der Waals surface area contributed by atoms with Crippen LogP contribution in [0.5, 0.6) is 0 Å². The third kappa shape index (κ3) is 1.10. The van der Waals surface area contributed by atoms with Crippen molar-refractivity contribution in [2.75, 3.05) is 0 Å². The van der Waals surface area contributed by atoms with E-state index < -0.39 is 0 Å². The molecule has 1 aliphatic carbocycles. The van der Waals surface area contributed by atoms with E-state index in [9.17, 15) is 4.79 Å². The van der Waals surface area contributed by atoms with Crippen molar-refractivity contribution in [2.24, 2.45) is 16.7 Å². The number of carbonyl (C=O) groups is 1. The van der Waals surface area contributed by atoms with Crippen LogP contribution >= 0.6 is 11.6 Å². The van der Waals surface area contributed by atoms with Gasteiger partial charge in [-0.2, -0.15) is 0 Å². The number of hydrogen-bond acceptors (Lipinski definition) is 1. The summed E-state index contributed by atoms with van der Waals surface area (Å²) in [6.07, 6.45) is 2.05. The van der Waals surface area contributed by atoms with Gasteiger partial charge < -0.3 is 0 Å². The molecule has 0 radical (unpaired) electrons. The van der Waals surface area contributed by atoms with E-state index in [1.54, 1.807) is 0 Å². The lowest BCUT2D eigenvalue weighted by atomic mass is 9.67. The van der Waals surface area contributed by atoms with Gasteiger partial charge in [-0.3, -0.25) is 4.79 Å². The van der Waals surface area contributed by atoms with Crippen LogP contribution in [0.1, 0.15) is 40.5 Å². The van der Waals surface area contributed by atoms with Gasteiger partial charge in [0.05, 0.1) is 0 Å². The molecule has 0 heterocycles. The van der Waals surface area contributed by atoms with Gasteiger partial charge in [0.15, 0.2) is 0 Å². The maximum atomic E-state index is 11.3. The van der Waals surface area contributed by atoms with Crippen LogP contribution in [0.4, 0.5) is 0 Å². The first-order valence-corrected chi connectivity index (χ1v) is 4.90. The SMILES string of the molecule is C[C@H]1CC[C@](C)(C(=O)Cl)C1(C)C. The summed E-state index contributed by atoms with van der Waals surface area (Å²) in [6, 6.07) is 0. The first kappa shape index (κ1) is 10.0. The standard InChI is InChI=1S/C10H17ClO/c1-7-5-6-10(4,8(11)12)9(7,2)3/h7H,5-6H2,1-4H3/t7-,10+/m0/s1. The highest BCUT2D eigenvalue weighted by atomic mass is 35.5. The molecule has 0 saturated heterocycles. The van der Waals surface area contributed by atoms with Crippen LogP contribution < -0.4 is 0 Å². The molecular formula is C10H17ClO. The van der Waals surface area contributed by atoms with E-state index in [1.165, 1.54) is 0 Å². The number of hydrogen-bond donors (Lipinski definition) is 0. The molecule has 1 aliphatic rings. The van der Waals surface area contributed by atoms with E-state index in [0.29, 0.717) is 5.92 Å². The quantitative estimate of drug-likeness (QED) is 0.578. The van der Waals surface area contributed by atoms with Gasteiger partial charge >= 0.3 is 0 Å². The lowest BCUT2D eigenvalue weighted by Crippen LogP contribution is -2.37. The summed E-state index contributed by atoms with van der Waals surface area (Å²) in [5.74, 6) is 0.588. The molecule has 70 valence electrons. The first-order chi connectivity index (χ1) is 5.32. The maximum absolute atomic E-state index is 11.3. The van der Waals surface area contributed by atoms with Gasteiger partial charge in [0.1, 0.15) is 0 Å². The Labute approximate surface area is 79.5 Å². The van der Waals surface area contributed by atoms with Crippen molar-refractivity contribution >= 4 is 16.8 Å². The van der Waals surface area contributed by atoms with Gasteiger partial charge in [0.25, 0.3) is 0 Å². The molecule has 1 fully saturated rings. The summed E-state index contributed by atoms with van der Waals surface area (Å²) in [5, 5.41) is -0.170. The Balaban J connectivity index is 3.01. The van der Waals surface area contributed by atoms with Crippen LogP contribution in [0.2, 0.25) is 0 Å². The predicted octanol–water partition coefficient (Wildman–Crippen LogP) is 3.21. The molecule has 0 unspecified atom stereocenters. The molecule has 2 heteroatoms. The van der Waals surface area contributed by atoms with Gasteiger partial charge in [-0.05, 0) is 35.8 Å². The van der Waals surface area contributed by atoms with Crippen LogP contribution in [0.3, 0.4) is 0 Å². The number of rotatable bonds is 1. The molecule has 1 nitrogen and oxygen atoms in total. The highest BCUT2D eigenvalue weighted by Gasteiger charge is 2.53. The number of carbonyl (C=O) groups excluding carboxylic acids is 1. The fourth-order valence-electron chi connectivity index (χ4n) is 2.08. The summed E-state index contributed by atoms with van der Waals surface area (Å²) in [4.78, 5) is 11.3. The third-order valence-electron chi connectivity index (χ3n) is 4.17. The summed E-state index contributed by atoms with van der Waals surface area (Å²) in [5.41, 5.74) is -0.264. The lowest BCUT2D eigenvalue weighted by Gasteiger charge is -2.37. The van der Waals surface area contributed by atoms with Gasteiger partial charge in [0.2, 0.25) is 5.24 Å². The van der Waals surface area contributed by atoms with Crippen molar-refractivity contribution < 1.29 is 4.79 Å². The third-order valence-corrected chi connectivity index (χ3v) is 4.58. The van der Waals surface area contributed by atoms with Crippen LogP contribution in [0.25, 0.3) is 0 Å². The van der Waals surface area contributed by atoms with Crippen molar-refractivity contribution in [1.82, 2.24) is 0 Å². The fraction of sp³-hybridized carbons (Fsp3) is 0.900. The molecule has 0 aliphatic heterocycles. The monoisotopic (exact) mass is 188 g/mol. The zero-order chi connectivity index (χ0) is 9.57. The molecule has 0 N–H and O–H groups in total. The molecule has 12 heavy (non-hydrogen) atoms. The summed E-state index contributed by atoms with van der Waals surface area (Å²) >= 11 is 5.64. The van der Waals surface area contributed by atoms with Crippen LogP contribution in [0.15, 0.2) is 0 Å². The van der Waals surface area contributed by atoms with Crippen LogP contribution in [-0.4, -0.2) is 5.24 Å². The minimum absolute atomic E-state index is 0.0475. The van der Waals surface area contributed by atoms with E-state index in [1.807, 2.05) is 6.92 Å². The second-order valence-corrected chi connectivity index (χ2v) is 5.11. The highest BCUT2D eigenvalue weighted by molar-refractivity contribution is 6.64. The van der Waals surface area contributed by atoms with E-state index in [4.69, 9.17) is 11.6 Å². The van der Waals surface area contributed by atoms with Gasteiger partial charge in [-0.15, -0.1) is 0 Å². The average molecular weight is 189 g/mol. The Morgan fingerprint density at radius 1 is 1.42 bits per heavy atom. The van der Waals surface area contributed by atoms with Gasteiger partial charge in [-0.25, -0.2) is 0 Å². The predicted molar refractivity (Wildman–Crippen MR) is 51.1 cm³/mol. The molecule has 0 aromatic rings. The first-order valence-electron chi connectivity index (χ1n) is 4.52. The molecule has 1 saturated carbocycles. The van der Waals surface area contributed by atoms with Crippen LogP contribution in [-0.2, 0) is 4.79 Å². The molecular weight excluding hydrogens is 172 g/mol.